The van der Waals surface area contributed by atoms with Gasteiger partial charge in [0.25, 0.3) is 0 Å². The van der Waals surface area contributed by atoms with E-state index in [0.717, 1.165) is 0 Å². The third-order valence-electron chi connectivity index (χ3n) is 2.85. The van der Waals surface area contributed by atoms with Crippen LogP contribution in [0.2, 0.25) is 0 Å². The molecule has 0 aromatic carbocycles. The van der Waals surface area contributed by atoms with Crippen LogP contribution in [0.25, 0.3) is 11.4 Å². The van der Waals surface area contributed by atoms with Crippen molar-refractivity contribution in [2.45, 2.75) is 6.92 Å². The maximum Gasteiger partial charge on any atom is 0.315 e. The molecule has 0 saturated heterocycles. The minimum Gasteiger partial charge on any atom is -0.455 e. The van der Waals surface area contributed by atoms with Crippen LogP contribution in [-0.4, -0.2) is 31.8 Å². The van der Waals surface area contributed by atoms with Crippen LogP contribution >= 0.6 is 0 Å². The van der Waals surface area contributed by atoms with Crippen LogP contribution in [-0.2, 0) is 4.79 Å². The van der Waals surface area contributed by atoms with Gasteiger partial charge in [-0.05, 0) is 25.1 Å². The van der Waals surface area contributed by atoms with Gasteiger partial charge >= 0.3 is 6.41 Å². The Hall–Kier alpha value is -3.29. The van der Waals surface area contributed by atoms with Gasteiger partial charge in [0.2, 0.25) is 0 Å². The second-order valence-electron chi connectivity index (χ2n) is 4.34. The van der Waals surface area contributed by atoms with E-state index in [1.165, 1.54) is 0 Å². The summed E-state index contributed by atoms with van der Waals surface area (Å²) in [6, 6.07) is 6.84. The Kier molecular flexibility index (Phi) is 3.73. The van der Waals surface area contributed by atoms with Gasteiger partial charge in [-0.2, -0.15) is 0 Å². The molecule has 0 spiro atoms. The molecule has 0 aliphatic carbocycles. The van der Waals surface area contributed by atoms with Crippen molar-refractivity contribution in [3.05, 3.63) is 42.4 Å². The first-order valence-electron chi connectivity index (χ1n) is 6.38. The molecule has 3 aromatic heterocycles. The van der Waals surface area contributed by atoms with Gasteiger partial charge in [0.1, 0.15) is 23.0 Å². The van der Waals surface area contributed by atoms with Crippen LogP contribution < -0.4 is 10.1 Å². The summed E-state index contributed by atoms with van der Waals surface area (Å²) in [7, 11) is 0. The van der Waals surface area contributed by atoms with Crippen molar-refractivity contribution in [2.75, 3.05) is 5.32 Å². The van der Waals surface area contributed by atoms with Gasteiger partial charge in [-0.25, -0.2) is 4.98 Å². The summed E-state index contributed by atoms with van der Waals surface area (Å²) in [6.07, 6.45) is 4.85. The maximum atomic E-state index is 10.3. The first-order chi connectivity index (χ1) is 10.8. The summed E-state index contributed by atoms with van der Waals surface area (Å²) in [5, 5.41) is 12.6. The quantitative estimate of drug-likeness (QED) is 0.696. The van der Waals surface area contributed by atoms with Crippen molar-refractivity contribution in [1.29, 1.82) is 0 Å². The molecule has 3 aromatic rings. The number of carbonyl (C=O) groups excluding carboxylic acids is 1. The molecular weight excluding hydrogens is 284 g/mol. The predicted molar refractivity (Wildman–Crippen MR) is 78.0 cm³/mol. The van der Waals surface area contributed by atoms with Gasteiger partial charge in [0.15, 0.2) is 0 Å². The third-order valence-corrected chi connectivity index (χ3v) is 2.85. The summed E-state index contributed by atoms with van der Waals surface area (Å²) in [5.41, 5.74) is 1.91. The van der Waals surface area contributed by atoms with Crippen LogP contribution in [0.5, 0.6) is 11.5 Å². The largest absolute Gasteiger partial charge is 0.455 e. The van der Waals surface area contributed by atoms with Crippen molar-refractivity contribution in [3.63, 3.8) is 0 Å². The fourth-order valence-corrected chi connectivity index (χ4v) is 1.85. The number of anilines is 1. The van der Waals surface area contributed by atoms with Crippen molar-refractivity contribution in [1.82, 2.24) is 25.4 Å². The number of amides is 1. The van der Waals surface area contributed by atoms with Gasteiger partial charge in [0, 0.05) is 12.3 Å². The topological polar surface area (TPSA) is 106 Å². The number of nitrogens with one attached hydrogen (secondary N) is 2. The number of pyridine rings is 2. The first-order valence-corrected chi connectivity index (χ1v) is 6.38. The molecule has 109 valence electrons. The van der Waals surface area contributed by atoms with Crippen molar-refractivity contribution in [2.24, 2.45) is 0 Å². The fraction of sp³-hybridized carbons (Fsp3) is 0.0714. The van der Waals surface area contributed by atoms with E-state index in [4.69, 9.17) is 4.74 Å². The van der Waals surface area contributed by atoms with E-state index in [2.05, 4.69) is 30.7 Å². The van der Waals surface area contributed by atoms with E-state index in [-0.39, 0.29) is 0 Å². The van der Waals surface area contributed by atoms with Crippen molar-refractivity contribution >= 4 is 12.2 Å². The molecule has 2 N–H and O–H groups in total. The highest BCUT2D eigenvalue weighted by Crippen LogP contribution is 2.27. The zero-order valence-corrected chi connectivity index (χ0v) is 11.6. The minimum atomic E-state index is 0.415. The highest BCUT2D eigenvalue weighted by molar-refractivity contribution is 5.69. The molecule has 22 heavy (non-hydrogen) atoms. The number of nitrogens with zero attached hydrogens (tertiary/aromatic N) is 4. The Morgan fingerprint density at radius 2 is 2.18 bits per heavy atom. The second kappa shape index (κ2) is 6.00. The van der Waals surface area contributed by atoms with E-state index < -0.39 is 0 Å². The van der Waals surface area contributed by atoms with Gasteiger partial charge in [-0.1, -0.05) is 5.21 Å². The van der Waals surface area contributed by atoms with Gasteiger partial charge in [-0.15, -0.1) is 5.10 Å². The Morgan fingerprint density at radius 1 is 1.27 bits per heavy atom. The molecule has 0 fully saturated rings. The molecule has 0 unspecified atom stereocenters. The summed E-state index contributed by atoms with van der Waals surface area (Å²) < 4.78 is 5.79. The van der Waals surface area contributed by atoms with E-state index in [0.29, 0.717) is 34.4 Å². The number of rotatable bonds is 5. The highest BCUT2D eigenvalue weighted by Gasteiger charge is 2.07. The van der Waals surface area contributed by atoms with Gasteiger partial charge in [0.05, 0.1) is 17.6 Å². The van der Waals surface area contributed by atoms with Crippen LogP contribution in [0.15, 0.2) is 36.7 Å². The average molecular weight is 295 g/mol. The lowest BCUT2D eigenvalue weighted by Gasteiger charge is -2.09. The molecule has 0 saturated carbocycles. The minimum absolute atomic E-state index is 0.415. The monoisotopic (exact) mass is 295 g/mol. The first kappa shape index (κ1) is 13.7. The predicted octanol–water partition coefficient (Wildman–Crippen LogP) is 1.84. The maximum absolute atomic E-state index is 10.3. The van der Waals surface area contributed by atoms with Crippen molar-refractivity contribution in [3.8, 4) is 22.9 Å². The van der Waals surface area contributed by atoms with Crippen LogP contribution in [0.3, 0.4) is 0 Å². The number of aryl methyl sites for hydroxylation is 1. The highest BCUT2D eigenvalue weighted by atomic mass is 16.5. The molecule has 8 nitrogen and oxygen atoms in total. The van der Waals surface area contributed by atoms with Gasteiger partial charge in [-0.3, -0.25) is 14.9 Å². The molecule has 0 atom stereocenters. The van der Waals surface area contributed by atoms with Gasteiger partial charge < -0.3 is 10.1 Å². The van der Waals surface area contributed by atoms with Crippen LogP contribution in [0.1, 0.15) is 5.69 Å². The fourth-order valence-electron chi connectivity index (χ4n) is 1.85. The van der Waals surface area contributed by atoms with Crippen molar-refractivity contribution < 1.29 is 9.53 Å². The summed E-state index contributed by atoms with van der Waals surface area (Å²) in [6.45, 7) is 1.78. The lowest BCUT2D eigenvalue weighted by Crippen LogP contribution is -1.99. The molecule has 0 bridgehead atoms. The SMILES string of the molecule is Cc1nc(N[C]=O)ccc1Oc1ccnc(-c2c[nH]nn2)c1. The van der Waals surface area contributed by atoms with E-state index in [1.807, 2.05) is 0 Å². The molecule has 1 amide bonds. The molecule has 0 aliphatic heterocycles. The van der Waals surface area contributed by atoms with E-state index >= 15 is 0 Å². The average Bonchev–Trinajstić information content (AvgIpc) is 3.05. The van der Waals surface area contributed by atoms with Crippen LogP contribution in [0, 0.1) is 6.92 Å². The molecule has 3 heterocycles. The lowest BCUT2D eigenvalue weighted by molar-refractivity contribution is 0.475. The zero-order valence-electron chi connectivity index (χ0n) is 11.6. The van der Waals surface area contributed by atoms with E-state index in [9.17, 15) is 4.79 Å². The summed E-state index contributed by atoms with van der Waals surface area (Å²) in [5.74, 6) is 1.59. The molecule has 0 aliphatic rings. The summed E-state index contributed by atoms with van der Waals surface area (Å²) >= 11 is 0. The lowest BCUT2D eigenvalue weighted by atomic mass is 10.3. The number of hydrogen-bond acceptors (Lipinski definition) is 6. The number of aromatic nitrogens is 5. The number of ether oxygens (including phenoxy) is 1. The van der Waals surface area contributed by atoms with Crippen LogP contribution in [0.4, 0.5) is 5.82 Å². The number of aromatic amines is 1. The third kappa shape index (κ3) is 2.90. The Labute approximate surface area is 125 Å². The smallest absolute Gasteiger partial charge is 0.315 e. The standard InChI is InChI=1S/C14H11N6O2/c1-9-13(2-3-14(18-9)16-8-21)22-10-4-5-15-11(6-10)12-7-17-20-19-12/h2-7H,1H3,(H,16,18,21)(H,17,19,20). The normalized spacial score (nSPS) is 10.2. The number of hydrogen-bond donors (Lipinski definition) is 2. The molecular formula is C14H11N6O2. The molecule has 8 heteroatoms. The molecule has 3 rings (SSSR count). The van der Waals surface area contributed by atoms with E-state index in [1.54, 1.807) is 50.0 Å². The molecule has 1 radical (unpaired) electrons. The number of H-pyrrole nitrogens is 1. The Balaban J connectivity index is 1.84. The zero-order chi connectivity index (χ0) is 15.4. The Morgan fingerprint density at radius 3 is 2.91 bits per heavy atom. The summed E-state index contributed by atoms with van der Waals surface area (Å²) in [4.78, 5) is 18.7. The second-order valence-corrected chi connectivity index (χ2v) is 4.34. The Bertz CT molecular complexity index is 788.